The number of ether oxygens (including phenoxy) is 4. The number of hydrogen-bond acceptors (Lipinski definition) is 8. The van der Waals surface area contributed by atoms with E-state index in [1.807, 2.05) is 26.0 Å². The van der Waals surface area contributed by atoms with E-state index in [4.69, 9.17) is 18.9 Å². The van der Waals surface area contributed by atoms with Crippen molar-refractivity contribution in [3.05, 3.63) is 47.5 Å². The molecule has 0 heterocycles. The smallest absolute Gasteiger partial charge is 0.240 e. The number of carbonyl (C=O) groups is 2. The lowest BCUT2D eigenvalue weighted by Crippen LogP contribution is -2.18. The molecule has 0 spiro atoms. The third kappa shape index (κ3) is 10.6. The van der Waals surface area contributed by atoms with Crippen LogP contribution in [0.2, 0.25) is 0 Å². The highest BCUT2D eigenvalue weighted by Crippen LogP contribution is 2.28. The Morgan fingerprint density at radius 1 is 0.703 bits per heavy atom. The summed E-state index contributed by atoms with van der Waals surface area (Å²) < 4.78 is 21.6. The molecular formula is C27H36N4O6. The summed E-state index contributed by atoms with van der Waals surface area (Å²) in [5, 5.41) is 7.97. The van der Waals surface area contributed by atoms with E-state index in [1.165, 1.54) is 0 Å². The number of benzene rings is 2. The average molecular weight is 513 g/mol. The molecule has 0 fully saturated rings. The van der Waals surface area contributed by atoms with Crippen molar-refractivity contribution >= 4 is 24.2 Å². The second kappa shape index (κ2) is 16.6. The minimum absolute atomic E-state index is 0.186. The van der Waals surface area contributed by atoms with Gasteiger partial charge in [0.05, 0.1) is 39.9 Å². The molecule has 0 saturated heterocycles. The van der Waals surface area contributed by atoms with Crippen LogP contribution < -0.4 is 29.8 Å². The number of carbonyl (C=O) groups excluding carboxylic acids is 2. The highest BCUT2D eigenvalue weighted by atomic mass is 16.5. The molecule has 0 radical (unpaired) electrons. The van der Waals surface area contributed by atoms with Crippen molar-refractivity contribution in [1.82, 2.24) is 10.9 Å². The first-order valence-corrected chi connectivity index (χ1v) is 12.3. The number of methoxy groups -OCH3 is 2. The number of unbranched alkanes of at least 4 members (excludes halogenated alkanes) is 2. The summed E-state index contributed by atoms with van der Waals surface area (Å²) in [6, 6.07) is 10.8. The second-order valence-electron chi connectivity index (χ2n) is 7.83. The Kier molecular flexibility index (Phi) is 13.1. The predicted octanol–water partition coefficient (Wildman–Crippen LogP) is 4.05. The molecule has 0 unspecified atom stereocenters. The molecule has 2 aromatic rings. The molecule has 0 atom stereocenters. The summed E-state index contributed by atoms with van der Waals surface area (Å²) in [6.07, 6.45) is 5.78. The predicted molar refractivity (Wildman–Crippen MR) is 143 cm³/mol. The van der Waals surface area contributed by atoms with E-state index in [0.29, 0.717) is 61.9 Å². The fraction of sp³-hybridized carbons (Fsp3) is 0.407. The SMILES string of the molecule is CCOc1ccc(/C=N/NC(=O)CCCCCC(=O)N/N=C/c2ccc(OCC)c(OC)c2)cc1OC. The van der Waals surface area contributed by atoms with E-state index in [-0.39, 0.29) is 11.8 Å². The van der Waals surface area contributed by atoms with Gasteiger partial charge in [0, 0.05) is 12.8 Å². The summed E-state index contributed by atoms with van der Waals surface area (Å²) in [4.78, 5) is 24.0. The number of amides is 2. The Hall–Kier alpha value is -4.08. The molecule has 2 aromatic carbocycles. The number of nitrogens with zero attached hydrogens (tertiary/aromatic N) is 2. The van der Waals surface area contributed by atoms with Crippen molar-refractivity contribution in [2.45, 2.75) is 46.0 Å². The van der Waals surface area contributed by atoms with Crippen LogP contribution in [-0.4, -0.2) is 51.7 Å². The largest absolute Gasteiger partial charge is 0.493 e. The van der Waals surface area contributed by atoms with Gasteiger partial charge in [0.1, 0.15) is 0 Å². The summed E-state index contributed by atoms with van der Waals surface area (Å²) in [7, 11) is 3.14. The quantitative estimate of drug-likeness (QED) is 0.199. The number of rotatable bonds is 16. The maximum absolute atomic E-state index is 12.0. The van der Waals surface area contributed by atoms with Gasteiger partial charge in [-0.05, 0) is 74.2 Å². The third-order valence-corrected chi connectivity index (χ3v) is 5.09. The summed E-state index contributed by atoms with van der Waals surface area (Å²) in [6.45, 7) is 4.88. The number of hydrazone groups is 2. The molecule has 0 aliphatic rings. The molecule has 10 nitrogen and oxygen atoms in total. The average Bonchev–Trinajstić information content (AvgIpc) is 2.90. The molecule has 0 saturated carbocycles. The van der Waals surface area contributed by atoms with Crippen LogP contribution in [0.5, 0.6) is 23.0 Å². The molecule has 0 bridgehead atoms. The lowest BCUT2D eigenvalue weighted by Gasteiger charge is -2.09. The Morgan fingerprint density at radius 3 is 1.51 bits per heavy atom. The van der Waals surface area contributed by atoms with Gasteiger partial charge < -0.3 is 18.9 Å². The van der Waals surface area contributed by atoms with Gasteiger partial charge in [0.15, 0.2) is 23.0 Å². The summed E-state index contributed by atoms with van der Waals surface area (Å²) in [5.41, 5.74) is 6.57. The Labute approximate surface area is 218 Å². The molecule has 200 valence electrons. The zero-order chi connectivity index (χ0) is 26.9. The Morgan fingerprint density at radius 2 is 1.14 bits per heavy atom. The van der Waals surface area contributed by atoms with Crippen LogP contribution in [0.25, 0.3) is 0 Å². The van der Waals surface area contributed by atoms with Crippen molar-refractivity contribution in [2.24, 2.45) is 10.2 Å². The van der Waals surface area contributed by atoms with Gasteiger partial charge >= 0.3 is 0 Å². The Bertz CT molecular complexity index is 987. The lowest BCUT2D eigenvalue weighted by molar-refractivity contribution is -0.121. The maximum Gasteiger partial charge on any atom is 0.240 e. The monoisotopic (exact) mass is 512 g/mol. The van der Waals surface area contributed by atoms with Gasteiger partial charge in [0.25, 0.3) is 0 Å². The second-order valence-corrected chi connectivity index (χ2v) is 7.83. The zero-order valence-electron chi connectivity index (χ0n) is 21.9. The number of hydrogen-bond donors (Lipinski definition) is 2. The lowest BCUT2D eigenvalue weighted by atomic mass is 10.1. The molecule has 0 aliphatic carbocycles. The standard InChI is InChI=1S/C27H36N4O6/c1-5-36-22-14-12-20(16-24(22)34-3)18-28-30-26(32)10-8-7-9-11-27(33)31-29-19-21-13-15-23(37-6-2)25(17-21)35-4/h12-19H,5-11H2,1-4H3,(H,30,32)(H,31,33)/b28-18+,29-19+. The van der Waals surface area contributed by atoms with E-state index < -0.39 is 0 Å². The van der Waals surface area contributed by atoms with Crippen molar-refractivity contribution in [3.63, 3.8) is 0 Å². The topological polar surface area (TPSA) is 120 Å². The fourth-order valence-corrected chi connectivity index (χ4v) is 3.30. The Balaban J connectivity index is 1.63. The first-order valence-electron chi connectivity index (χ1n) is 12.3. The van der Waals surface area contributed by atoms with Gasteiger partial charge in [-0.2, -0.15) is 10.2 Å². The van der Waals surface area contributed by atoms with Gasteiger partial charge in [0.2, 0.25) is 11.8 Å². The minimum Gasteiger partial charge on any atom is -0.493 e. The van der Waals surface area contributed by atoms with Crippen molar-refractivity contribution in [1.29, 1.82) is 0 Å². The van der Waals surface area contributed by atoms with E-state index in [9.17, 15) is 9.59 Å². The third-order valence-electron chi connectivity index (χ3n) is 5.09. The first kappa shape index (κ1) is 29.2. The normalized spacial score (nSPS) is 10.9. The summed E-state index contributed by atoms with van der Waals surface area (Å²) >= 11 is 0. The molecule has 10 heteroatoms. The van der Waals surface area contributed by atoms with Gasteiger partial charge in [-0.25, -0.2) is 10.9 Å². The molecule has 0 aromatic heterocycles. The van der Waals surface area contributed by atoms with Crippen LogP contribution in [0, 0.1) is 0 Å². The molecule has 2 amide bonds. The van der Waals surface area contributed by atoms with Crippen LogP contribution in [0.4, 0.5) is 0 Å². The highest BCUT2D eigenvalue weighted by molar-refractivity contribution is 5.84. The molecular weight excluding hydrogens is 476 g/mol. The molecule has 2 N–H and O–H groups in total. The number of nitrogens with one attached hydrogen (secondary N) is 2. The van der Waals surface area contributed by atoms with Crippen LogP contribution in [-0.2, 0) is 9.59 Å². The van der Waals surface area contributed by atoms with Crippen LogP contribution in [0.15, 0.2) is 46.6 Å². The van der Waals surface area contributed by atoms with E-state index in [0.717, 1.165) is 17.5 Å². The fourth-order valence-electron chi connectivity index (χ4n) is 3.30. The molecule has 2 rings (SSSR count). The zero-order valence-corrected chi connectivity index (χ0v) is 21.9. The van der Waals surface area contributed by atoms with Crippen LogP contribution in [0.1, 0.15) is 57.1 Å². The van der Waals surface area contributed by atoms with E-state index in [1.54, 1.807) is 50.9 Å². The maximum atomic E-state index is 12.0. The summed E-state index contributed by atoms with van der Waals surface area (Å²) in [5.74, 6) is 2.13. The van der Waals surface area contributed by atoms with Crippen molar-refractivity contribution in [2.75, 3.05) is 27.4 Å². The van der Waals surface area contributed by atoms with Crippen molar-refractivity contribution < 1.29 is 28.5 Å². The first-order chi connectivity index (χ1) is 18.0. The van der Waals surface area contributed by atoms with Crippen molar-refractivity contribution in [3.8, 4) is 23.0 Å². The van der Waals surface area contributed by atoms with E-state index >= 15 is 0 Å². The van der Waals surface area contributed by atoms with E-state index in [2.05, 4.69) is 21.1 Å². The van der Waals surface area contributed by atoms with Gasteiger partial charge in [-0.3, -0.25) is 9.59 Å². The molecule has 37 heavy (non-hydrogen) atoms. The minimum atomic E-state index is -0.186. The van der Waals surface area contributed by atoms with Gasteiger partial charge in [-0.1, -0.05) is 6.42 Å². The van der Waals surface area contributed by atoms with Crippen LogP contribution in [0.3, 0.4) is 0 Å². The molecule has 0 aliphatic heterocycles. The van der Waals surface area contributed by atoms with Crippen LogP contribution >= 0.6 is 0 Å². The van der Waals surface area contributed by atoms with Gasteiger partial charge in [-0.15, -0.1) is 0 Å². The highest BCUT2D eigenvalue weighted by Gasteiger charge is 2.06.